The van der Waals surface area contributed by atoms with Gasteiger partial charge in [0.1, 0.15) is 25.1 Å². The molecule has 0 aliphatic heterocycles. The van der Waals surface area contributed by atoms with Crippen molar-refractivity contribution in [2.75, 3.05) is 13.3 Å². The molecule has 0 spiro atoms. The first kappa shape index (κ1) is 10.3. The molecule has 1 aromatic carbocycles. The lowest BCUT2D eigenvalue weighted by atomic mass is 10.3. The Morgan fingerprint density at radius 3 is 2.54 bits per heavy atom. The number of benzene rings is 1. The first-order valence-corrected chi connectivity index (χ1v) is 4.22. The molecule has 0 aromatic heterocycles. The first-order valence-electron chi connectivity index (χ1n) is 3.85. The van der Waals surface area contributed by atoms with Gasteiger partial charge in [0.2, 0.25) is 0 Å². The Balaban J connectivity index is 2.41. The lowest BCUT2D eigenvalue weighted by Gasteiger charge is -2.08. The Bertz CT molecular complexity index is 250. The maximum atomic E-state index is 11.8. The van der Waals surface area contributed by atoms with Gasteiger partial charge < -0.3 is 9.84 Å². The molecule has 0 bridgehead atoms. The zero-order valence-electron chi connectivity index (χ0n) is 6.91. The fourth-order valence-electron chi connectivity index (χ4n) is 0.768. The van der Waals surface area contributed by atoms with Crippen molar-refractivity contribution in [1.29, 1.82) is 0 Å². The molecule has 1 N–H and O–H groups in total. The average Bonchev–Trinajstić information content (AvgIpc) is 2.16. The van der Waals surface area contributed by atoms with Gasteiger partial charge in [0.05, 0.1) is 0 Å². The van der Waals surface area contributed by atoms with Crippen molar-refractivity contribution in [3.05, 3.63) is 29.3 Å². The lowest BCUT2D eigenvalue weighted by Crippen LogP contribution is -2.19. The van der Waals surface area contributed by atoms with Gasteiger partial charge in [-0.15, -0.1) is 0 Å². The van der Waals surface area contributed by atoms with Crippen LogP contribution < -0.4 is 4.74 Å². The largest absolute Gasteiger partial charge is 0.491 e. The molecule has 0 fully saturated rings. The van der Waals surface area contributed by atoms with Gasteiger partial charge in [-0.3, -0.25) is 0 Å². The summed E-state index contributed by atoms with van der Waals surface area (Å²) in [5, 5.41) is 9.46. The van der Waals surface area contributed by atoms with Crippen LogP contribution in [0.15, 0.2) is 24.3 Å². The molecule has 1 unspecified atom stereocenters. The number of ether oxygens (including phenoxy) is 1. The smallest absolute Gasteiger partial charge is 0.119 e. The molecule has 0 aliphatic rings. The highest BCUT2D eigenvalue weighted by Gasteiger charge is 2.03. The Morgan fingerprint density at radius 2 is 2.00 bits per heavy atom. The van der Waals surface area contributed by atoms with Crippen molar-refractivity contribution >= 4 is 11.6 Å². The molecule has 4 heteroatoms. The molecule has 0 heterocycles. The minimum Gasteiger partial charge on any atom is -0.491 e. The SMILES string of the molecule is OC(CF)COc1ccc(Cl)cc1. The molecule has 1 atom stereocenters. The minimum absolute atomic E-state index is 0.0435. The number of aliphatic hydroxyl groups excluding tert-OH is 1. The topological polar surface area (TPSA) is 29.5 Å². The van der Waals surface area contributed by atoms with Gasteiger partial charge in [-0.25, -0.2) is 4.39 Å². The van der Waals surface area contributed by atoms with Crippen molar-refractivity contribution in [1.82, 2.24) is 0 Å². The number of hydrogen-bond acceptors (Lipinski definition) is 2. The summed E-state index contributed by atoms with van der Waals surface area (Å²) in [7, 11) is 0. The third-order valence-corrected chi connectivity index (χ3v) is 1.69. The van der Waals surface area contributed by atoms with E-state index in [1.54, 1.807) is 24.3 Å². The summed E-state index contributed by atoms with van der Waals surface area (Å²) < 4.78 is 16.9. The molecule has 13 heavy (non-hydrogen) atoms. The Hall–Kier alpha value is -0.800. The van der Waals surface area contributed by atoms with E-state index in [1.807, 2.05) is 0 Å². The molecule has 0 saturated carbocycles. The number of hydrogen-bond donors (Lipinski definition) is 1. The zero-order valence-corrected chi connectivity index (χ0v) is 7.67. The van der Waals surface area contributed by atoms with Crippen LogP contribution in [0.3, 0.4) is 0 Å². The van der Waals surface area contributed by atoms with Crippen molar-refractivity contribution in [2.45, 2.75) is 6.10 Å². The predicted octanol–water partition coefficient (Wildman–Crippen LogP) is 2.05. The normalized spacial score (nSPS) is 12.5. The van der Waals surface area contributed by atoms with E-state index in [9.17, 15) is 4.39 Å². The van der Waals surface area contributed by atoms with Crippen LogP contribution in [0.1, 0.15) is 0 Å². The van der Waals surface area contributed by atoms with Gasteiger partial charge >= 0.3 is 0 Å². The maximum absolute atomic E-state index is 11.8. The number of alkyl halides is 1. The second-order valence-corrected chi connectivity index (χ2v) is 3.01. The van der Waals surface area contributed by atoms with Crippen LogP contribution in [-0.4, -0.2) is 24.5 Å². The van der Waals surface area contributed by atoms with Gasteiger partial charge in [-0.2, -0.15) is 0 Å². The van der Waals surface area contributed by atoms with E-state index in [-0.39, 0.29) is 6.61 Å². The zero-order chi connectivity index (χ0) is 9.68. The second-order valence-electron chi connectivity index (χ2n) is 2.57. The van der Waals surface area contributed by atoms with Crippen LogP contribution in [0, 0.1) is 0 Å². The van der Waals surface area contributed by atoms with E-state index in [2.05, 4.69) is 0 Å². The fourth-order valence-corrected chi connectivity index (χ4v) is 0.894. The lowest BCUT2D eigenvalue weighted by molar-refractivity contribution is 0.0842. The van der Waals surface area contributed by atoms with Crippen LogP contribution in [0.5, 0.6) is 5.75 Å². The summed E-state index contributed by atoms with van der Waals surface area (Å²) >= 11 is 5.64. The van der Waals surface area contributed by atoms with Crippen molar-refractivity contribution in [3.63, 3.8) is 0 Å². The average molecular weight is 205 g/mol. The summed E-state index contributed by atoms with van der Waals surface area (Å²) in [6.45, 7) is -0.842. The van der Waals surface area contributed by atoms with Gasteiger partial charge in [-0.05, 0) is 24.3 Å². The monoisotopic (exact) mass is 204 g/mol. The van der Waals surface area contributed by atoms with E-state index in [1.165, 1.54) is 0 Å². The van der Waals surface area contributed by atoms with E-state index < -0.39 is 12.8 Å². The van der Waals surface area contributed by atoms with E-state index >= 15 is 0 Å². The van der Waals surface area contributed by atoms with Crippen LogP contribution in [0.4, 0.5) is 4.39 Å². The summed E-state index contributed by atoms with van der Waals surface area (Å²) in [5.41, 5.74) is 0. The summed E-state index contributed by atoms with van der Waals surface area (Å²) in [6, 6.07) is 6.65. The van der Waals surface area contributed by atoms with Crippen molar-refractivity contribution < 1.29 is 14.2 Å². The highest BCUT2D eigenvalue weighted by molar-refractivity contribution is 6.30. The fraction of sp³-hybridized carbons (Fsp3) is 0.333. The summed E-state index contributed by atoms with van der Waals surface area (Å²) in [5.74, 6) is 0.567. The second kappa shape index (κ2) is 5.04. The molecule has 1 rings (SSSR count). The van der Waals surface area contributed by atoms with E-state index in [4.69, 9.17) is 21.4 Å². The van der Waals surface area contributed by atoms with E-state index in [0.717, 1.165) is 0 Å². The highest BCUT2D eigenvalue weighted by Crippen LogP contribution is 2.15. The summed E-state index contributed by atoms with van der Waals surface area (Å²) in [6.07, 6.45) is -1.06. The van der Waals surface area contributed by atoms with E-state index in [0.29, 0.717) is 10.8 Å². The molecule has 2 nitrogen and oxygen atoms in total. The molecule has 0 amide bonds. The van der Waals surface area contributed by atoms with Crippen LogP contribution in [0.25, 0.3) is 0 Å². The number of aliphatic hydroxyl groups is 1. The van der Waals surface area contributed by atoms with Gasteiger partial charge in [0.15, 0.2) is 0 Å². The minimum atomic E-state index is -1.06. The van der Waals surface area contributed by atoms with Gasteiger partial charge in [0, 0.05) is 5.02 Å². The highest BCUT2D eigenvalue weighted by atomic mass is 35.5. The molecule has 1 aromatic rings. The Labute approximate surface area is 80.9 Å². The standard InChI is InChI=1S/C9H10ClFO2/c10-7-1-3-9(4-2-7)13-6-8(12)5-11/h1-4,8,12H,5-6H2. The third kappa shape index (κ3) is 3.61. The quantitative estimate of drug-likeness (QED) is 0.814. The Kier molecular flexibility index (Phi) is 3.99. The predicted molar refractivity (Wildman–Crippen MR) is 48.9 cm³/mol. The van der Waals surface area contributed by atoms with Gasteiger partial charge in [0.25, 0.3) is 0 Å². The van der Waals surface area contributed by atoms with Crippen LogP contribution >= 0.6 is 11.6 Å². The summed E-state index contributed by atoms with van der Waals surface area (Å²) in [4.78, 5) is 0. The van der Waals surface area contributed by atoms with Crippen molar-refractivity contribution in [3.8, 4) is 5.75 Å². The van der Waals surface area contributed by atoms with Crippen LogP contribution in [0.2, 0.25) is 5.02 Å². The van der Waals surface area contributed by atoms with Crippen LogP contribution in [-0.2, 0) is 0 Å². The van der Waals surface area contributed by atoms with Gasteiger partial charge in [-0.1, -0.05) is 11.6 Å². The number of rotatable bonds is 4. The molecule has 0 aliphatic carbocycles. The molecular weight excluding hydrogens is 195 g/mol. The molecule has 0 radical (unpaired) electrons. The molecular formula is C9H10ClFO2. The number of halogens is 2. The maximum Gasteiger partial charge on any atom is 0.119 e. The van der Waals surface area contributed by atoms with Crippen molar-refractivity contribution in [2.24, 2.45) is 0 Å². The molecule has 0 saturated heterocycles. The third-order valence-electron chi connectivity index (χ3n) is 1.43. The molecule has 72 valence electrons. The first-order chi connectivity index (χ1) is 6.22. The Morgan fingerprint density at radius 1 is 1.38 bits per heavy atom.